The highest BCUT2D eigenvalue weighted by Gasteiger charge is 2.54. The van der Waals surface area contributed by atoms with Gasteiger partial charge in [0.1, 0.15) is 17.6 Å². The van der Waals surface area contributed by atoms with E-state index in [4.69, 9.17) is 9.16 Å². The minimum atomic E-state index is -2.14. The molecule has 3 heterocycles. The highest BCUT2D eigenvalue weighted by Crippen LogP contribution is 2.47. The summed E-state index contributed by atoms with van der Waals surface area (Å²) in [5, 5.41) is 10.2. The van der Waals surface area contributed by atoms with Gasteiger partial charge in [-0.3, -0.25) is 9.36 Å². The monoisotopic (exact) mass is 476 g/mol. The molecule has 1 saturated heterocycles. The Balaban J connectivity index is 2.05. The maximum Gasteiger partial charge on any atom is 0.192 e. The number of fused-ring (bicyclic) bond motifs is 1. The molecule has 0 radical (unpaired) electrons. The smallest absolute Gasteiger partial charge is 0.192 e. The van der Waals surface area contributed by atoms with Crippen LogP contribution >= 0.6 is 0 Å². The number of aliphatic hydroxyl groups is 1. The van der Waals surface area contributed by atoms with Gasteiger partial charge in [-0.25, -0.2) is 15.0 Å². The van der Waals surface area contributed by atoms with E-state index in [2.05, 4.69) is 55.7 Å². The van der Waals surface area contributed by atoms with E-state index in [0.717, 1.165) is 0 Å². The van der Waals surface area contributed by atoms with Crippen LogP contribution in [-0.4, -0.2) is 57.0 Å². The van der Waals surface area contributed by atoms with Crippen LogP contribution in [0.3, 0.4) is 0 Å². The van der Waals surface area contributed by atoms with Gasteiger partial charge < -0.3 is 14.3 Å². The molecule has 0 amide bonds. The number of hydrogen-bond acceptors (Lipinski definition) is 7. The molecule has 2 aromatic rings. The summed E-state index contributed by atoms with van der Waals surface area (Å²) in [7, 11) is -2.14. The van der Waals surface area contributed by atoms with Crippen molar-refractivity contribution in [2.24, 2.45) is 11.3 Å². The van der Waals surface area contributed by atoms with Gasteiger partial charge in [0.2, 0.25) is 0 Å². The molecule has 0 saturated carbocycles. The molecule has 3 rings (SSSR count). The lowest BCUT2D eigenvalue weighted by atomic mass is 9.88. The van der Waals surface area contributed by atoms with E-state index in [1.807, 2.05) is 32.3 Å². The number of imidazole rings is 1. The molecule has 8 nitrogen and oxygen atoms in total. The van der Waals surface area contributed by atoms with Crippen molar-refractivity contribution in [3.05, 3.63) is 18.3 Å². The lowest BCUT2D eigenvalue weighted by Crippen LogP contribution is -2.47. The zero-order chi connectivity index (χ0) is 25.0. The Kier molecular flexibility index (Phi) is 6.69. The molecule has 0 unspecified atom stereocenters. The Morgan fingerprint density at radius 1 is 1.21 bits per heavy atom. The minimum Gasteiger partial charge on any atom is -0.409 e. The molecular weight excluding hydrogens is 436 g/mol. The van der Waals surface area contributed by atoms with Crippen LogP contribution in [0.25, 0.3) is 11.2 Å². The van der Waals surface area contributed by atoms with Gasteiger partial charge in [-0.05, 0) is 25.1 Å². The maximum absolute atomic E-state index is 12.6. The third-order valence-electron chi connectivity index (χ3n) is 7.55. The number of rotatable bonds is 6. The van der Waals surface area contributed by atoms with Crippen LogP contribution in [0, 0.1) is 11.3 Å². The zero-order valence-corrected chi connectivity index (χ0v) is 22.8. The van der Waals surface area contributed by atoms with Crippen molar-refractivity contribution in [3.63, 3.8) is 0 Å². The molecule has 184 valence electrons. The normalized spacial score (nSPS) is 26.8. The first-order valence-corrected chi connectivity index (χ1v) is 14.6. The number of aliphatic hydroxyl groups excluding tert-OH is 1. The van der Waals surface area contributed by atoms with E-state index < -0.39 is 25.6 Å². The van der Waals surface area contributed by atoms with Gasteiger partial charge in [0.15, 0.2) is 20.2 Å². The van der Waals surface area contributed by atoms with E-state index in [1.165, 1.54) is 6.33 Å². The molecule has 1 N–H and O–H groups in total. The average molecular weight is 477 g/mol. The second-order valence-electron chi connectivity index (χ2n) is 12.1. The summed E-state index contributed by atoms with van der Waals surface area (Å²) >= 11 is 0. The Labute approximate surface area is 198 Å². The lowest BCUT2D eigenvalue weighted by molar-refractivity contribution is -0.125. The molecule has 1 aliphatic rings. The van der Waals surface area contributed by atoms with Gasteiger partial charge in [0, 0.05) is 11.3 Å². The van der Waals surface area contributed by atoms with Crippen LogP contribution in [-0.2, 0) is 20.4 Å². The van der Waals surface area contributed by atoms with E-state index >= 15 is 0 Å². The molecule has 0 spiro atoms. The van der Waals surface area contributed by atoms with Gasteiger partial charge in [-0.2, -0.15) is 0 Å². The molecule has 2 aromatic heterocycles. The van der Waals surface area contributed by atoms with Crippen molar-refractivity contribution in [1.82, 2.24) is 19.5 Å². The number of carbonyl (C=O) groups excluding carboxylic acids is 1. The highest BCUT2D eigenvalue weighted by atomic mass is 28.4. The molecule has 1 fully saturated rings. The topological polar surface area (TPSA) is 99.4 Å². The number of Topliss-reactive ketones (excluding diaryl/α,β-unsaturated/α-hetero) is 1. The molecule has 9 heteroatoms. The standard InChI is InChI=1S/C24H40N4O4Si/c1-15-19(32-33(9,10)23(5,6)7)21(31-24(15,8)12-29)28-14-27-18-16(25-13-26-20(18)28)11-17(30)22(2,3)4/h13-15,19,21,29H,11-12H2,1-10H3/t15-,19+,21+,24+/m0/s1. The van der Waals surface area contributed by atoms with Crippen molar-refractivity contribution < 1.29 is 19.1 Å². The Bertz CT molecular complexity index is 1020. The molecular formula is C24H40N4O4Si. The van der Waals surface area contributed by atoms with Crippen LogP contribution in [0.2, 0.25) is 18.1 Å². The summed E-state index contributed by atoms with van der Waals surface area (Å²) in [6.07, 6.45) is 2.57. The largest absolute Gasteiger partial charge is 0.409 e. The van der Waals surface area contributed by atoms with Crippen LogP contribution in [0.5, 0.6) is 0 Å². The van der Waals surface area contributed by atoms with Crippen molar-refractivity contribution in [2.75, 3.05) is 6.61 Å². The molecule has 1 aliphatic heterocycles. The van der Waals surface area contributed by atoms with E-state index in [0.29, 0.717) is 16.9 Å². The first kappa shape index (κ1) is 25.9. The van der Waals surface area contributed by atoms with Crippen molar-refractivity contribution >= 4 is 25.3 Å². The van der Waals surface area contributed by atoms with Crippen LogP contribution in [0.4, 0.5) is 0 Å². The van der Waals surface area contributed by atoms with Gasteiger partial charge in [0.05, 0.1) is 36.8 Å². The van der Waals surface area contributed by atoms with E-state index in [-0.39, 0.29) is 35.9 Å². The van der Waals surface area contributed by atoms with E-state index in [9.17, 15) is 9.90 Å². The van der Waals surface area contributed by atoms with Gasteiger partial charge >= 0.3 is 0 Å². The number of hydrogen-bond donors (Lipinski definition) is 1. The van der Waals surface area contributed by atoms with Crippen LogP contribution in [0.15, 0.2) is 12.7 Å². The third kappa shape index (κ3) is 4.78. The molecule has 33 heavy (non-hydrogen) atoms. The van der Waals surface area contributed by atoms with Crippen molar-refractivity contribution in [3.8, 4) is 0 Å². The van der Waals surface area contributed by atoms with Crippen LogP contribution in [0.1, 0.15) is 67.3 Å². The predicted octanol–water partition coefficient (Wildman–Crippen LogP) is 4.29. The van der Waals surface area contributed by atoms with E-state index in [1.54, 1.807) is 6.33 Å². The van der Waals surface area contributed by atoms with Crippen molar-refractivity contribution in [1.29, 1.82) is 0 Å². The second-order valence-corrected chi connectivity index (χ2v) is 16.9. The fourth-order valence-electron chi connectivity index (χ4n) is 3.75. The fraction of sp³-hybridized carbons (Fsp3) is 0.750. The molecule has 0 aliphatic carbocycles. The summed E-state index contributed by atoms with van der Waals surface area (Å²) in [4.78, 5) is 26.1. The minimum absolute atomic E-state index is 0.0230. The second kappa shape index (κ2) is 8.52. The summed E-state index contributed by atoms with van der Waals surface area (Å²) in [5.74, 6) is 0.0395. The Morgan fingerprint density at radius 2 is 1.85 bits per heavy atom. The average Bonchev–Trinajstić information content (AvgIpc) is 3.22. The first-order valence-electron chi connectivity index (χ1n) is 11.7. The molecule has 4 atom stereocenters. The number of aromatic nitrogens is 4. The van der Waals surface area contributed by atoms with Gasteiger partial charge in [0.25, 0.3) is 0 Å². The Hall–Kier alpha value is -1.68. The summed E-state index contributed by atoms with van der Waals surface area (Å²) in [5.41, 5.74) is 0.581. The number of carbonyl (C=O) groups is 1. The SMILES string of the molecule is C[C@H]1[C@@H](O[Si](C)(C)C(C)(C)C)[C@H](n2cnc3c(CC(=O)C(C)(C)C)ncnc32)O[C@]1(C)CO. The van der Waals surface area contributed by atoms with Crippen molar-refractivity contribution in [2.45, 2.75) is 97.9 Å². The molecule has 0 bridgehead atoms. The Morgan fingerprint density at radius 3 is 2.39 bits per heavy atom. The first-order chi connectivity index (χ1) is 15.0. The third-order valence-corrected chi connectivity index (χ3v) is 12.0. The summed E-state index contributed by atoms with van der Waals surface area (Å²) in [6.45, 7) is 20.6. The quantitative estimate of drug-likeness (QED) is 0.621. The van der Waals surface area contributed by atoms with Crippen LogP contribution < -0.4 is 0 Å². The maximum atomic E-state index is 12.6. The fourth-order valence-corrected chi connectivity index (χ4v) is 5.11. The zero-order valence-electron chi connectivity index (χ0n) is 21.8. The lowest BCUT2D eigenvalue weighted by Gasteiger charge is -2.40. The number of ketones is 1. The summed E-state index contributed by atoms with van der Waals surface area (Å²) in [6, 6.07) is 0. The van der Waals surface area contributed by atoms with Gasteiger partial charge in [-0.15, -0.1) is 0 Å². The summed E-state index contributed by atoms with van der Waals surface area (Å²) < 4.78 is 15.2. The number of ether oxygens (including phenoxy) is 1. The highest BCUT2D eigenvalue weighted by molar-refractivity contribution is 6.74. The van der Waals surface area contributed by atoms with Gasteiger partial charge in [-0.1, -0.05) is 48.5 Å². The molecule has 0 aromatic carbocycles. The predicted molar refractivity (Wildman–Crippen MR) is 130 cm³/mol. The number of nitrogens with zero attached hydrogens (tertiary/aromatic N) is 4.